The molecule has 0 aromatic carbocycles. The van der Waals surface area contributed by atoms with E-state index >= 15 is 0 Å². The Labute approximate surface area is 98.2 Å². The Morgan fingerprint density at radius 1 is 1.25 bits per heavy atom. The van der Waals surface area contributed by atoms with E-state index in [9.17, 15) is 5.11 Å². The van der Waals surface area contributed by atoms with Gasteiger partial charge in [-0.1, -0.05) is 12.8 Å². The predicted octanol–water partition coefficient (Wildman–Crippen LogP) is 0.478. The van der Waals surface area contributed by atoms with Crippen molar-refractivity contribution < 1.29 is 14.9 Å². The summed E-state index contributed by atoms with van der Waals surface area (Å²) in [6.45, 7) is 3.24. The number of methoxy groups -OCH3 is 1. The average molecular weight is 231 g/mol. The second-order valence-corrected chi connectivity index (χ2v) is 4.63. The van der Waals surface area contributed by atoms with E-state index in [1.807, 2.05) is 0 Å². The highest BCUT2D eigenvalue weighted by Crippen LogP contribution is 2.24. The Morgan fingerprint density at radius 2 is 2.00 bits per heavy atom. The summed E-state index contributed by atoms with van der Waals surface area (Å²) in [6, 6.07) is 0. The molecular formula is C12H25NO3. The van der Waals surface area contributed by atoms with E-state index in [-0.39, 0.29) is 12.7 Å². The van der Waals surface area contributed by atoms with Crippen LogP contribution in [0.2, 0.25) is 0 Å². The first-order valence-corrected chi connectivity index (χ1v) is 6.28. The Balaban J connectivity index is 2.33. The van der Waals surface area contributed by atoms with Gasteiger partial charge in [0, 0.05) is 26.7 Å². The molecule has 0 aromatic heterocycles. The molecule has 0 spiro atoms. The molecule has 4 heteroatoms. The molecule has 0 aliphatic heterocycles. The van der Waals surface area contributed by atoms with E-state index in [4.69, 9.17) is 9.84 Å². The summed E-state index contributed by atoms with van der Waals surface area (Å²) in [5.41, 5.74) is 0. The maximum atomic E-state index is 9.89. The smallest absolute Gasteiger partial charge is 0.0589 e. The number of ether oxygens (including phenoxy) is 1. The number of aliphatic hydroxyl groups excluding tert-OH is 2. The minimum atomic E-state index is -0.155. The number of hydrogen-bond acceptors (Lipinski definition) is 4. The van der Waals surface area contributed by atoms with E-state index in [0.717, 1.165) is 32.4 Å². The normalized spacial score (nSPS) is 26.2. The summed E-state index contributed by atoms with van der Waals surface area (Å²) in [4.78, 5) is 2.18. The van der Waals surface area contributed by atoms with Gasteiger partial charge in [-0.25, -0.2) is 0 Å². The van der Waals surface area contributed by atoms with Gasteiger partial charge < -0.3 is 14.9 Å². The molecule has 2 N–H and O–H groups in total. The van der Waals surface area contributed by atoms with Gasteiger partial charge in [-0.15, -0.1) is 0 Å². The highest BCUT2D eigenvalue weighted by Gasteiger charge is 2.24. The second-order valence-electron chi connectivity index (χ2n) is 4.63. The topological polar surface area (TPSA) is 52.9 Å². The molecule has 1 fully saturated rings. The number of nitrogens with zero attached hydrogens (tertiary/aromatic N) is 1. The Morgan fingerprint density at radius 3 is 2.62 bits per heavy atom. The van der Waals surface area contributed by atoms with Crippen LogP contribution >= 0.6 is 0 Å². The van der Waals surface area contributed by atoms with Gasteiger partial charge in [0.1, 0.15) is 0 Å². The van der Waals surface area contributed by atoms with Gasteiger partial charge in [-0.05, 0) is 18.8 Å². The highest BCUT2D eigenvalue weighted by atomic mass is 16.5. The molecule has 1 aliphatic rings. The van der Waals surface area contributed by atoms with Crippen molar-refractivity contribution in [3.8, 4) is 0 Å². The first kappa shape index (κ1) is 13.9. The van der Waals surface area contributed by atoms with Crippen molar-refractivity contribution in [2.24, 2.45) is 5.92 Å². The first-order chi connectivity index (χ1) is 7.77. The van der Waals surface area contributed by atoms with Crippen molar-refractivity contribution in [2.45, 2.75) is 31.8 Å². The van der Waals surface area contributed by atoms with E-state index < -0.39 is 0 Å². The van der Waals surface area contributed by atoms with Crippen LogP contribution in [0.4, 0.5) is 0 Å². The SMILES string of the molecule is COCCN(CCO)CC1CCCCC1O. The Bertz CT molecular complexity index is 178. The fourth-order valence-corrected chi connectivity index (χ4v) is 2.39. The highest BCUT2D eigenvalue weighted by molar-refractivity contribution is 4.77. The molecule has 0 amide bonds. The van der Waals surface area contributed by atoms with Crippen molar-refractivity contribution >= 4 is 0 Å². The molecule has 0 aromatic rings. The lowest BCUT2D eigenvalue weighted by molar-refractivity contribution is 0.0359. The molecule has 1 saturated carbocycles. The molecule has 96 valence electrons. The molecule has 0 heterocycles. The van der Waals surface area contributed by atoms with Gasteiger partial charge in [-0.2, -0.15) is 0 Å². The molecular weight excluding hydrogens is 206 g/mol. The van der Waals surface area contributed by atoms with Crippen LogP contribution in [0.5, 0.6) is 0 Å². The van der Waals surface area contributed by atoms with Crippen LogP contribution in [0.1, 0.15) is 25.7 Å². The summed E-state index contributed by atoms with van der Waals surface area (Å²) in [5.74, 6) is 0.372. The lowest BCUT2D eigenvalue weighted by Gasteiger charge is -2.32. The summed E-state index contributed by atoms with van der Waals surface area (Å²) < 4.78 is 5.05. The third-order valence-electron chi connectivity index (χ3n) is 3.39. The monoisotopic (exact) mass is 231 g/mol. The van der Waals surface area contributed by atoms with Crippen molar-refractivity contribution in [1.29, 1.82) is 0 Å². The van der Waals surface area contributed by atoms with Crippen molar-refractivity contribution in [3.63, 3.8) is 0 Å². The van der Waals surface area contributed by atoms with Gasteiger partial charge >= 0.3 is 0 Å². The standard InChI is InChI=1S/C12H25NO3/c1-16-9-7-13(6-8-14)10-11-4-2-3-5-12(11)15/h11-12,14-15H,2-10H2,1H3. The maximum absolute atomic E-state index is 9.89. The second kappa shape index (κ2) is 8.01. The first-order valence-electron chi connectivity index (χ1n) is 6.28. The van der Waals surface area contributed by atoms with Crippen LogP contribution in [0.3, 0.4) is 0 Å². The van der Waals surface area contributed by atoms with Crippen LogP contribution in [-0.4, -0.2) is 61.2 Å². The summed E-state index contributed by atoms with van der Waals surface area (Å²) in [7, 11) is 1.69. The quantitative estimate of drug-likeness (QED) is 0.669. The lowest BCUT2D eigenvalue weighted by atomic mass is 9.86. The van der Waals surface area contributed by atoms with Gasteiger partial charge in [0.15, 0.2) is 0 Å². The molecule has 2 atom stereocenters. The molecule has 0 saturated heterocycles. The number of hydrogen-bond donors (Lipinski definition) is 2. The molecule has 0 radical (unpaired) electrons. The number of rotatable bonds is 7. The predicted molar refractivity (Wildman–Crippen MR) is 63.4 cm³/mol. The van der Waals surface area contributed by atoms with Gasteiger partial charge in [-0.3, -0.25) is 4.90 Å². The van der Waals surface area contributed by atoms with Gasteiger partial charge in [0.05, 0.1) is 19.3 Å². The van der Waals surface area contributed by atoms with E-state index in [1.54, 1.807) is 7.11 Å². The molecule has 1 aliphatic carbocycles. The molecule has 16 heavy (non-hydrogen) atoms. The van der Waals surface area contributed by atoms with Crippen LogP contribution < -0.4 is 0 Å². The van der Waals surface area contributed by atoms with Gasteiger partial charge in [0.25, 0.3) is 0 Å². The summed E-state index contributed by atoms with van der Waals surface area (Å²) in [5, 5.41) is 18.9. The van der Waals surface area contributed by atoms with Crippen LogP contribution in [0.15, 0.2) is 0 Å². The summed E-state index contributed by atoms with van der Waals surface area (Å²) in [6.07, 6.45) is 4.25. The maximum Gasteiger partial charge on any atom is 0.0589 e. The van der Waals surface area contributed by atoms with E-state index in [0.29, 0.717) is 19.1 Å². The summed E-state index contributed by atoms with van der Waals surface area (Å²) >= 11 is 0. The van der Waals surface area contributed by atoms with Crippen LogP contribution in [0.25, 0.3) is 0 Å². The zero-order chi connectivity index (χ0) is 11.8. The molecule has 0 bridgehead atoms. The molecule has 4 nitrogen and oxygen atoms in total. The fraction of sp³-hybridized carbons (Fsp3) is 1.00. The fourth-order valence-electron chi connectivity index (χ4n) is 2.39. The minimum absolute atomic E-state index is 0.155. The van der Waals surface area contributed by atoms with Gasteiger partial charge in [0.2, 0.25) is 0 Å². The average Bonchev–Trinajstić information content (AvgIpc) is 2.29. The number of aliphatic hydroxyl groups is 2. The van der Waals surface area contributed by atoms with Crippen LogP contribution in [-0.2, 0) is 4.74 Å². The third kappa shape index (κ3) is 4.78. The molecule has 1 rings (SSSR count). The third-order valence-corrected chi connectivity index (χ3v) is 3.39. The zero-order valence-electron chi connectivity index (χ0n) is 10.3. The van der Waals surface area contributed by atoms with Crippen molar-refractivity contribution in [1.82, 2.24) is 4.90 Å². The van der Waals surface area contributed by atoms with E-state index in [1.165, 1.54) is 6.42 Å². The largest absolute Gasteiger partial charge is 0.395 e. The zero-order valence-corrected chi connectivity index (χ0v) is 10.3. The van der Waals surface area contributed by atoms with Crippen molar-refractivity contribution in [3.05, 3.63) is 0 Å². The van der Waals surface area contributed by atoms with Crippen LogP contribution in [0, 0.1) is 5.92 Å². The van der Waals surface area contributed by atoms with Crippen molar-refractivity contribution in [2.75, 3.05) is 40.0 Å². The minimum Gasteiger partial charge on any atom is -0.395 e. The van der Waals surface area contributed by atoms with E-state index in [2.05, 4.69) is 4.90 Å². The Hall–Kier alpha value is -0.160. The lowest BCUT2D eigenvalue weighted by Crippen LogP contribution is -2.39. The molecule has 2 unspecified atom stereocenters. The Kier molecular flexibility index (Phi) is 6.96.